The molecule has 0 fully saturated rings. The van der Waals surface area contributed by atoms with Crippen LogP contribution in [0.1, 0.15) is 22.3 Å². The van der Waals surface area contributed by atoms with Gasteiger partial charge in [-0.2, -0.15) is 0 Å². The average Bonchev–Trinajstić information content (AvgIpc) is 2.96. The lowest BCUT2D eigenvalue weighted by Crippen LogP contribution is -2.24. The summed E-state index contributed by atoms with van der Waals surface area (Å²) in [4.78, 5) is 15.3. The third-order valence-electron chi connectivity index (χ3n) is 3.60. The summed E-state index contributed by atoms with van der Waals surface area (Å²) in [5.41, 5.74) is 3.01. The molecule has 1 heterocycles. The molecule has 0 aliphatic rings. The Morgan fingerprint density at radius 1 is 1.00 bits per heavy atom. The molecule has 0 atom stereocenters. The Balaban J connectivity index is 1.55. The van der Waals surface area contributed by atoms with E-state index in [0.29, 0.717) is 12.1 Å². The lowest BCUT2D eigenvalue weighted by molar-refractivity contribution is 0.0955. The molecule has 0 bridgehead atoms. The van der Waals surface area contributed by atoms with Gasteiger partial charge in [0, 0.05) is 23.6 Å². The number of aromatic amines is 1. The second-order valence-electron chi connectivity index (χ2n) is 5.09. The predicted molar refractivity (Wildman–Crippen MR) is 85.4 cm³/mol. The van der Waals surface area contributed by atoms with E-state index >= 15 is 0 Å². The number of hydrogen-bond donors (Lipinski definition) is 2. The van der Waals surface area contributed by atoms with Gasteiger partial charge in [-0.1, -0.05) is 48.5 Å². The monoisotopic (exact) mass is 278 g/mol. The van der Waals surface area contributed by atoms with Crippen LogP contribution < -0.4 is 5.32 Å². The highest BCUT2D eigenvalue weighted by Gasteiger charge is 2.10. The molecule has 2 aromatic carbocycles. The van der Waals surface area contributed by atoms with Gasteiger partial charge in [0.05, 0.1) is 5.56 Å². The first-order valence-electron chi connectivity index (χ1n) is 7.23. The molecule has 1 aromatic heterocycles. The van der Waals surface area contributed by atoms with Crippen LogP contribution in [0.4, 0.5) is 0 Å². The Morgan fingerprint density at radius 3 is 2.62 bits per heavy atom. The molecule has 0 spiro atoms. The van der Waals surface area contributed by atoms with E-state index in [0.717, 1.165) is 23.7 Å². The third-order valence-corrected chi connectivity index (χ3v) is 3.60. The van der Waals surface area contributed by atoms with Crippen molar-refractivity contribution >= 4 is 16.8 Å². The minimum atomic E-state index is -0.0134. The van der Waals surface area contributed by atoms with Gasteiger partial charge >= 0.3 is 0 Å². The fourth-order valence-corrected chi connectivity index (χ4v) is 2.49. The van der Waals surface area contributed by atoms with E-state index < -0.39 is 0 Å². The Hall–Kier alpha value is -2.55. The summed E-state index contributed by atoms with van der Waals surface area (Å²) in [5, 5.41) is 3.96. The number of rotatable bonds is 5. The van der Waals surface area contributed by atoms with Gasteiger partial charge in [-0.15, -0.1) is 0 Å². The fraction of sp³-hybridized carbons (Fsp3) is 0.167. The molecule has 0 unspecified atom stereocenters. The van der Waals surface area contributed by atoms with Crippen LogP contribution >= 0.6 is 0 Å². The molecule has 106 valence electrons. The van der Waals surface area contributed by atoms with E-state index in [2.05, 4.69) is 22.4 Å². The van der Waals surface area contributed by atoms with Crippen molar-refractivity contribution in [3.8, 4) is 0 Å². The molecule has 2 N–H and O–H groups in total. The van der Waals surface area contributed by atoms with Gasteiger partial charge in [0.1, 0.15) is 0 Å². The highest BCUT2D eigenvalue weighted by Crippen LogP contribution is 2.17. The standard InChI is InChI=1S/C18H18N2O/c21-18(16-13-20-17-11-5-4-10-15(16)17)19-12-6-9-14-7-2-1-3-8-14/h1-5,7-8,10-11,13,20H,6,9,12H2,(H,19,21). The van der Waals surface area contributed by atoms with Crippen molar-refractivity contribution in [3.05, 3.63) is 71.9 Å². The maximum atomic E-state index is 12.2. The maximum absolute atomic E-state index is 12.2. The van der Waals surface area contributed by atoms with Crippen molar-refractivity contribution in [2.75, 3.05) is 6.54 Å². The predicted octanol–water partition coefficient (Wildman–Crippen LogP) is 3.53. The summed E-state index contributed by atoms with van der Waals surface area (Å²) >= 11 is 0. The van der Waals surface area contributed by atoms with Crippen molar-refractivity contribution in [2.45, 2.75) is 12.8 Å². The second kappa shape index (κ2) is 6.27. The van der Waals surface area contributed by atoms with Crippen molar-refractivity contribution in [3.63, 3.8) is 0 Å². The van der Waals surface area contributed by atoms with Gasteiger partial charge in [-0.25, -0.2) is 0 Å². The summed E-state index contributed by atoms with van der Waals surface area (Å²) in [5.74, 6) is -0.0134. The largest absolute Gasteiger partial charge is 0.360 e. The summed E-state index contributed by atoms with van der Waals surface area (Å²) in [7, 11) is 0. The topological polar surface area (TPSA) is 44.9 Å². The lowest BCUT2D eigenvalue weighted by Gasteiger charge is -2.04. The molecular formula is C18H18N2O. The van der Waals surface area contributed by atoms with Crippen LogP contribution in [-0.2, 0) is 6.42 Å². The van der Waals surface area contributed by atoms with Crippen LogP contribution in [0, 0.1) is 0 Å². The number of fused-ring (bicyclic) bond motifs is 1. The van der Waals surface area contributed by atoms with Crippen LogP contribution in [0.15, 0.2) is 60.8 Å². The maximum Gasteiger partial charge on any atom is 0.253 e. The van der Waals surface area contributed by atoms with Gasteiger partial charge < -0.3 is 10.3 Å². The smallest absolute Gasteiger partial charge is 0.253 e. The molecule has 0 aliphatic carbocycles. The van der Waals surface area contributed by atoms with Crippen LogP contribution in [0.25, 0.3) is 10.9 Å². The van der Waals surface area contributed by atoms with Crippen molar-refractivity contribution in [2.24, 2.45) is 0 Å². The normalized spacial score (nSPS) is 10.7. The Labute approximate surface area is 124 Å². The molecule has 3 aromatic rings. The van der Waals surface area contributed by atoms with E-state index in [1.807, 2.05) is 42.5 Å². The number of benzene rings is 2. The van der Waals surface area contributed by atoms with Crippen molar-refractivity contribution in [1.82, 2.24) is 10.3 Å². The SMILES string of the molecule is O=C(NCCCc1ccccc1)c1c[nH]c2ccccc12. The first-order chi connectivity index (χ1) is 10.3. The van der Waals surface area contributed by atoms with Crippen LogP contribution in [0.5, 0.6) is 0 Å². The molecule has 3 rings (SSSR count). The zero-order valence-corrected chi connectivity index (χ0v) is 11.8. The van der Waals surface area contributed by atoms with Gasteiger partial charge in [0.2, 0.25) is 0 Å². The minimum absolute atomic E-state index is 0.0134. The molecule has 21 heavy (non-hydrogen) atoms. The third kappa shape index (κ3) is 3.14. The average molecular weight is 278 g/mol. The van der Waals surface area contributed by atoms with E-state index in [-0.39, 0.29) is 5.91 Å². The number of nitrogens with one attached hydrogen (secondary N) is 2. The van der Waals surface area contributed by atoms with E-state index in [1.165, 1.54) is 5.56 Å². The number of H-pyrrole nitrogens is 1. The quantitative estimate of drug-likeness (QED) is 0.689. The minimum Gasteiger partial charge on any atom is -0.360 e. The summed E-state index contributed by atoms with van der Waals surface area (Å²) in [6.07, 6.45) is 3.70. The molecule has 3 nitrogen and oxygen atoms in total. The number of carbonyl (C=O) groups excluding carboxylic acids is 1. The molecule has 0 radical (unpaired) electrons. The van der Waals surface area contributed by atoms with Crippen LogP contribution in [-0.4, -0.2) is 17.4 Å². The lowest BCUT2D eigenvalue weighted by atomic mass is 10.1. The highest BCUT2D eigenvalue weighted by atomic mass is 16.1. The Kier molecular flexibility index (Phi) is 4.01. The Morgan fingerprint density at radius 2 is 1.76 bits per heavy atom. The van der Waals surface area contributed by atoms with Crippen molar-refractivity contribution in [1.29, 1.82) is 0 Å². The zero-order chi connectivity index (χ0) is 14.5. The van der Waals surface area contributed by atoms with Gasteiger partial charge in [0.15, 0.2) is 0 Å². The molecule has 0 saturated carbocycles. The molecular weight excluding hydrogens is 260 g/mol. The van der Waals surface area contributed by atoms with E-state index in [4.69, 9.17) is 0 Å². The fourth-order valence-electron chi connectivity index (χ4n) is 2.49. The van der Waals surface area contributed by atoms with Gasteiger partial charge in [0.25, 0.3) is 5.91 Å². The Bertz CT molecular complexity index is 731. The van der Waals surface area contributed by atoms with Crippen molar-refractivity contribution < 1.29 is 4.79 Å². The number of aromatic nitrogens is 1. The van der Waals surface area contributed by atoms with E-state index in [9.17, 15) is 4.79 Å². The first kappa shape index (κ1) is 13.4. The molecule has 3 heteroatoms. The number of hydrogen-bond acceptors (Lipinski definition) is 1. The molecule has 1 amide bonds. The second-order valence-corrected chi connectivity index (χ2v) is 5.09. The molecule has 0 saturated heterocycles. The highest BCUT2D eigenvalue weighted by molar-refractivity contribution is 6.06. The molecule has 0 aliphatic heterocycles. The number of amides is 1. The van der Waals surface area contributed by atoms with E-state index in [1.54, 1.807) is 6.20 Å². The van der Waals surface area contributed by atoms with Gasteiger partial charge in [-0.3, -0.25) is 4.79 Å². The number of carbonyl (C=O) groups is 1. The van der Waals surface area contributed by atoms with Crippen LogP contribution in [0.3, 0.4) is 0 Å². The zero-order valence-electron chi connectivity index (χ0n) is 11.8. The summed E-state index contributed by atoms with van der Waals surface area (Å²) < 4.78 is 0. The summed E-state index contributed by atoms with van der Waals surface area (Å²) in [6, 6.07) is 18.2. The number of para-hydroxylation sites is 1. The number of aryl methyl sites for hydroxylation is 1. The van der Waals surface area contributed by atoms with Gasteiger partial charge in [-0.05, 0) is 24.5 Å². The first-order valence-corrected chi connectivity index (χ1v) is 7.23. The summed E-state index contributed by atoms with van der Waals surface area (Å²) in [6.45, 7) is 0.688. The van der Waals surface area contributed by atoms with Crippen LogP contribution in [0.2, 0.25) is 0 Å².